The van der Waals surface area contributed by atoms with Crippen LogP contribution in [-0.2, 0) is 28.8 Å². The lowest BCUT2D eigenvalue weighted by atomic mass is 10.1. The summed E-state index contributed by atoms with van der Waals surface area (Å²) >= 11 is 2.79. The lowest BCUT2D eigenvalue weighted by Gasteiger charge is -2.09. The zero-order valence-corrected chi connectivity index (χ0v) is 19.9. The number of amides is 1. The van der Waals surface area contributed by atoms with Crippen LogP contribution in [0.1, 0.15) is 52.5 Å². The molecule has 0 aliphatic heterocycles. The minimum atomic E-state index is -0.394. The van der Waals surface area contributed by atoms with Gasteiger partial charge < -0.3 is 10.1 Å². The number of hydrogen-bond acceptors (Lipinski definition) is 7. The van der Waals surface area contributed by atoms with Crippen molar-refractivity contribution in [3.8, 4) is 5.69 Å². The molecular formula is C23H26N4O3S2. The van der Waals surface area contributed by atoms with Gasteiger partial charge >= 0.3 is 5.97 Å². The first-order valence-corrected chi connectivity index (χ1v) is 12.6. The second-order valence-corrected chi connectivity index (χ2v) is 9.69. The number of esters is 1. The lowest BCUT2D eigenvalue weighted by molar-refractivity contribution is -0.113. The molecule has 9 heteroatoms. The van der Waals surface area contributed by atoms with E-state index in [0.29, 0.717) is 15.7 Å². The second-order valence-electron chi connectivity index (χ2n) is 7.64. The average molecular weight is 471 g/mol. The van der Waals surface area contributed by atoms with Crippen molar-refractivity contribution in [2.24, 2.45) is 0 Å². The third-order valence-corrected chi connectivity index (χ3v) is 7.60. The molecule has 168 valence electrons. The minimum Gasteiger partial charge on any atom is -0.465 e. The van der Waals surface area contributed by atoms with Crippen LogP contribution in [0.3, 0.4) is 0 Å². The maximum atomic E-state index is 12.7. The molecule has 32 heavy (non-hydrogen) atoms. The number of carbonyl (C=O) groups excluding carboxylic acids is 2. The number of thioether (sulfide) groups is 1. The van der Waals surface area contributed by atoms with Crippen LogP contribution in [0.25, 0.3) is 5.69 Å². The molecular weight excluding hydrogens is 444 g/mol. The van der Waals surface area contributed by atoms with E-state index in [1.54, 1.807) is 6.33 Å². The third-order valence-electron chi connectivity index (χ3n) is 5.45. The van der Waals surface area contributed by atoms with Crippen LogP contribution in [0.5, 0.6) is 0 Å². The van der Waals surface area contributed by atoms with Gasteiger partial charge in [0.15, 0.2) is 5.16 Å². The molecule has 1 aromatic carbocycles. The summed E-state index contributed by atoms with van der Waals surface area (Å²) in [5, 5.41) is 12.3. The first kappa shape index (κ1) is 22.5. The van der Waals surface area contributed by atoms with E-state index >= 15 is 0 Å². The molecule has 2 heterocycles. The van der Waals surface area contributed by atoms with Crippen LogP contribution in [0, 0.1) is 0 Å². The van der Waals surface area contributed by atoms with Crippen molar-refractivity contribution in [2.75, 3.05) is 18.2 Å². The van der Waals surface area contributed by atoms with E-state index in [2.05, 4.69) is 34.6 Å². The fourth-order valence-corrected chi connectivity index (χ4v) is 5.83. The number of nitrogens with zero attached hydrogens (tertiary/aromatic N) is 3. The summed E-state index contributed by atoms with van der Waals surface area (Å²) in [6, 6.07) is 8.34. The maximum absolute atomic E-state index is 12.7. The topological polar surface area (TPSA) is 86.1 Å². The summed E-state index contributed by atoms with van der Waals surface area (Å²) < 4.78 is 6.82. The molecule has 7 nitrogen and oxygen atoms in total. The summed E-state index contributed by atoms with van der Waals surface area (Å²) in [5.74, 6) is -0.421. The number of benzene rings is 1. The largest absolute Gasteiger partial charge is 0.465 e. The van der Waals surface area contributed by atoms with Crippen molar-refractivity contribution in [2.45, 2.75) is 50.6 Å². The van der Waals surface area contributed by atoms with Crippen molar-refractivity contribution in [1.29, 1.82) is 0 Å². The Hall–Kier alpha value is -2.65. The quantitative estimate of drug-likeness (QED) is 0.361. The van der Waals surface area contributed by atoms with Crippen LogP contribution in [0.4, 0.5) is 5.00 Å². The first-order chi connectivity index (χ1) is 15.6. The fraction of sp³-hybridized carbons (Fsp3) is 0.391. The molecule has 0 fully saturated rings. The van der Waals surface area contributed by atoms with E-state index in [9.17, 15) is 9.59 Å². The predicted molar refractivity (Wildman–Crippen MR) is 127 cm³/mol. The van der Waals surface area contributed by atoms with Gasteiger partial charge in [0.05, 0.1) is 18.4 Å². The summed E-state index contributed by atoms with van der Waals surface area (Å²) in [6.45, 7) is 2.19. The monoisotopic (exact) mass is 470 g/mol. The molecule has 0 spiro atoms. The average Bonchev–Trinajstić information content (AvgIpc) is 3.52. The normalized spacial score (nSPS) is 12.6. The molecule has 0 radical (unpaired) electrons. The molecule has 4 rings (SSSR count). The predicted octanol–water partition coefficient (Wildman–Crippen LogP) is 4.68. The number of anilines is 1. The Morgan fingerprint density at radius 2 is 2.06 bits per heavy atom. The van der Waals surface area contributed by atoms with Crippen molar-refractivity contribution < 1.29 is 14.3 Å². The smallest absolute Gasteiger partial charge is 0.341 e. The number of aromatic nitrogens is 3. The van der Waals surface area contributed by atoms with E-state index < -0.39 is 5.97 Å². The number of aryl methyl sites for hydroxylation is 2. The van der Waals surface area contributed by atoms with Gasteiger partial charge in [-0.1, -0.05) is 37.2 Å². The number of rotatable bonds is 9. The van der Waals surface area contributed by atoms with Crippen LogP contribution >= 0.6 is 23.1 Å². The molecule has 1 amide bonds. The highest BCUT2D eigenvalue weighted by Gasteiger charge is 2.28. The van der Waals surface area contributed by atoms with Crippen LogP contribution in [-0.4, -0.2) is 39.5 Å². The highest BCUT2D eigenvalue weighted by Crippen LogP contribution is 2.39. The molecule has 0 saturated carbocycles. The Kier molecular flexibility index (Phi) is 7.26. The second kappa shape index (κ2) is 10.3. The van der Waals surface area contributed by atoms with Gasteiger partial charge in [-0.15, -0.1) is 21.5 Å². The number of methoxy groups -OCH3 is 1. The van der Waals surface area contributed by atoms with Gasteiger partial charge in [0, 0.05) is 10.6 Å². The van der Waals surface area contributed by atoms with Crippen LogP contribution in [0.2, 0.25) is 0 Å². The molecule has 0 saturated heterocycles. The van der Waals surface area contributed by atoms with Crippen molar-refractivity contribution in [3.05, 3.63) is 52.2 Å². The molecule has 0 atom stereocenters. The molecule has 1 aliphatic carbocycles. The van der Waals surface area contributed by atoms with Gasteiger partial charge in [-0.2, -0.15) is 0 Å². The Morgan fingerprint density at radius 3 is 2.81 bits per heavy atom. The van der Waals surface area contributed by atoms with Crippen molar-refractivity contribution in [1.82, 2.24) is 14.8 Å². The van der Waals surface area contributed by atoms with E-state index in [0.717, 1.165) is 41.8 Å². The zero-order chi connectivity index (χ0) is 22.5. The number of nitrogens with one attached hydrogen (secondary N) is 1. The number of unbranched alkanes of at least 4 members (excludes halogenated alkanes) is 1. The third kappa shape index (κ3) is 4.88. The number of hydrogen-bond donors (Lipinski definition) is 1. The molecule has 2 aromatic heterocycles. The standard InChI is InChI=1S/C23H26N4O3S2/c1-3-4-6-15-9-11-16(12-10-15)27-14-24-26-23(27)31-13-19(28)25-21-20(22(29)30-2)17-7-5-8-18(17)32-21/h9-12,14H,3-8,13H2,1-2H3,(H,25,28). The summed E-state index contributed by atoms with van der Waals surface area (Å²) in [5.41, 5.74) is 3.80. The zero-order valence-electron chi connectivity index (χ0n) is 18.2. The summed E-state index contributed by atoms with van der Waals surface area (Å²) in [6.07, 6.45) is 7.89. The molecule has 0 bridgehead atoms. The Labute approximate surface area is 195 Å². The van der Waals surface area contributed by atoms with Gasteiger partial charge in [-0.05, 0) is 55.4 Å². The van der Waals surface area contributed by atoms with Gasteiger partial charge in [0.2, 0.25) is 5.91 Å². The van der Waals surface area contributed by atoms with Gasteiger partial charge in [-0.3, -0.25) is 9.36 Å². The van der Waals surface area contributed by atoms with E-state index in [1.165, 1.54) is 48.6 Å². The number of fused-ring (bicyclic) bond motifs is 1. The van der Waals surface area contributed by atoms with E-state index in [1.807, 2.05) is 16.7 Å². The minimum absolute atomic E-state index is 0.163. The SMILES string of the molecule is CCCCc1ccc(-n2cnnc2SCC(=O)Nc2sc3c(c2C(=O)OC)CCC3)cc1. The van der Waals surface area contributed by atoms with Gasteiger partial charge in [0.1, 0.15) is 11.3 Å². The number of ether oxygens (including phenoxy) is 1. The molecule has 1 N–H and O–H groups in total. The summed E-state index contributed by atoms with van der Waals surface area (Å²) in [4.78, 5) is 26.1. The van der Waals surface area contributed by atoms with E-state index in [4.69, 9.17) is 4.74 Å². The Balaban J connectivity index is 1.41. The Bertz CT molecular complexity index is 1110. The van der Waals surface area contributed by atoms with Crippen LogP contribution in [0.15, 0.2) is 35.7 Å². The molecule has 1 aliphatic rings. The molecule has 0 unspecified atom stereocenters. The van der Waals surface area contributed by atoms with Gasteiger partial charge in [0.25, 0.3) is 0 Å². The fourth-order valence-electron chi connectivity index (χ4n) is 3.81. The Morgan fingerprint density at radius 1 is 1.25 bits per heavy atom. The first-order valence-electron chi connectivity index (χ1n) is 10.8. The lowest BCUT2D eigenvalue weighted by Crippen LogP contribution is -2.16. The number of thiophene rings is 1. The highest BCUT2D eigenvalue weighted by atomic mass is 32.2. The van der Waals surface area contributed by atoms with Gasteiger partial charge in [-0.25, -0.2) is 4.79 Å². The van der Waals surface area contributed by atoms with Crippen molar-refractivity contribution >= 4 is 40.0 Å². The highest BCUT2D eigenvalue weighted by molar-refractivity contribution is 7.99. The van der Waals surface area contributed by atoms with E-state index in [-0.39, 0.29) is 11.7 Å². The maximum Gasteiger partial charge on any atom is 0.341 e. The van der Waals surface area contributed by atoms with Crippen LogP contribution < -0.4 is 5.32 Å². The summed E-state index contributed by atoms with van der Waals surface area (Å²) in [7, 11) is 1.37. The van der Waals surface area contributed by atoms with Crippen molar-refractivity contribution in [3.63, 3.8) is 0 Å². The molecule has 3 aromatic rings. The number of carbonyl (C=O) groups is 2.